The Bertz CT molecular complexity index is 478. The second kappa shape index (κ2) is 5.01. The monoisotopic (exact) mass is 257 g/mol. The Morgan fingerprint density at radius 3 is 2.53 bits per heavy atom. The average Bonchev–Trinajstić information content (AvgIpc) is 2.15. The maximum absolute atomic E-state index is 12.0. The van der Waals surface area contributed by atoms with Crippen molar-refractivity contribution in [3.05, 3.63) is 18.3 Å². The minimum atomic E-state index is -3.49. The van der Waals surface area contributed by atoms with Gasteiger partial charge < -0.3 is 5.32 Å². The van der Waals surface area contributed by atoms with Crippen LogP contribution in [-0.2, 0) is 10.0 Å². The zero-order valence-corrected chi connectivity index (χ0v) is 11.4. The Morgan fingerprint density at radius 2 is 2.00 bits per heavy atom. The maximum atomic E-state index is 12.0. The summed E-state index contributed by atoms with van der Waals surface area (Å²) < 4.78 is 26.7. The summed E-state index contributed by atoms with van der Waals surface area (Å²) in [5, 5.41) is 2.98. The van der Waals surface area contributed by atoms with Gasteiger partial charge in [-0.05, 0) is 33.8 Å². The highest BCUT2D eigenvalue weighted by Crippen LogP contribution is 2.15. The van der Waals surface area contributed by atoms with Gasteiger partial charge in [-0.25, -0.2) is 18.1 Å². The summed E-state index contributed by atoms with van der Waals surface area (Å²) in [5.74, 6) is 0.560. The molecule has 0 saturated heterocycles. The Kier molecular flexibility index (Phi) is 4.11. The van der Waals surface area contributed by atoms with Gasteiger partial charge in [0, 0.05) is 24.3 Å². The molecule has 0 aliphatic carbocycles. The molecule has 1 rings (SSSR count). The molecule has 1 aromatic heterocycles. The van der Waals surface area contributed by atoms with Crippen molar-refractivity contribution in [3.63, 3.8) is 0 Å². The third kappa shape index (κ3) is 4.32. The molecule has 0 aromatic carbocycles. The van der Waals surface area contributed by atoms with Crippen molar-refractivity contribution in [1.29, 1.82) is 0 Å². The van der Waals surface area contributed by atoms with Crippen LogP contribution in [0.25, 0.3) is 0 Å². The van der Waals surface area contributed by atoms with Crippen molar-refractivity contribution < 1.29 is 8.42 Å². The first-order chi connectivity index (χ1) is 7.74. The molecule has 0 saturated carbocycles. The van der Waals surface area contributed by atoms with Gasteiger partial charge >= 0.3 is 0 Å². The zero-order chi connectivity index (χ0) is 13.1. The predicted octanol–water partition coefficient (Wildman–Crippen LogP) is 1.59. The van der Waals surface area contributed by atoms with E-state index in [4.69, 9.17) is 0 Å². The van der Waals surface area contributed by atoms with Gasteiger partial charge in [0.25, 0.3) is 0 Å². The zero-order valence-electron chi connectivity index (χ0n) is 10.6. The van der Waals surface area contributed by atoms with Crippen LogP contribution < -0.4 is 10.0 Å². The Labute approximate surface area is 103 Å². The predicted molar refractivity (Wildman–Crippen MR) is 68.5 cm³/mol. The molecule has 0 amide bonds. The molecule has 0 fully saturated rings. The van der Waals surface area contributed by atoms with Crippen molar-refractivity contribution in [2.75, 3.05) is 11.9 Å². The molecule has 0 atom stereocenters. The number of nitrogens with one attached hydrogen (secondary N) is 2. The standard InChI is InChI=1S/C11H19N3O2S/c1-5-12-10-8-9(6-7-13-10)17(15,16)14-11(2,3)4/h6-8,14H,5H2,1-4H3,(H,12,13). The van der Waals surface area contributed by atoms with Gasteiger partial charge in [-0.1, -0.05) is 0 Å². The number of nitrogens with zero attached hydrogens (tertiary/aromatic N) is 1. The molecule has 1 aromatic rings. The van der Waals surface area contributed by atoms with Gasteiger partial charge in [-0.15, -0.1) is 0 Å². The second-order valence-electron chi connectivity index (χ2n) is 4.76. The lowest BCUT2D eigenvalue weighted by atomic mass is 10.1. The lowest BCUT2D eigenvalue weighted by Gasteiger charge is -2.20. The van der Waals surface area contributed by atoms with Gasteiger partial charge in [0.1, 0.15) is 5.82 Å². The Hall–Kier alpha value is -1.14. The van der Waals surface area contributed by atoms with Crippen LogP contribution in [0.5, 0.6) is 0 Å². The highest BCUT2D eigenvalue weighted by Gasteiger charge is 2.22. The molecular formula is C11H19N3O2S. The van der Waals surface area contributed by atoms with E-state index < -0.39 is 15.6 Å². The average molecular weight is 257 g/mol. The molecule has 96 valence electrons. The molecule has 0 spiro atoms. The van der Waals surface area contributed by atoms with E-state index in [0.717, 1.165) is 0 Å². The van der Waals surface area contributed by atoms with Crippen LogP contribution in [-0.4, -0.2) is 25.5 Å². The van der Waals surface area contributed by atoms with Crippen molar-refractivity contribution >= 4 is 15.8 Å². The van der Waals surface area contributed by atoms with Gasteiger partial charge in [-0.3, -0.25) is 0 Å². The normalized spacial score (nSPS) is 12.5. The lowest BCUT2D eigenvalue weighted by molar-refractivity contribution is 0.491. The smallest absolute Gasteiger partial charge is 0.241 e. The van der Waals surface area contributed by atoms with Crippen molar-refractivity contribution in [2.45, 2.75) is 38.1 Å². The number of anilines is 1. The van der Waals surface area contributed by atoms with E-state index >= 15 is 0 Å². The van der Waals surface area contributed by atoms with E-state index in [0.29, 0.717) is 12.4 Å². The number of aromatic nitrogens is 1. The summed E-state index contributed by atoms with van der Waals surface area (Å²) >= 11 is 0. The fraction of sp³-hybridized carbons (Fsp3) is 0.545. The van der Waals surface area contributed by atoms with E-state index in [9.17, 15) is 8.42 Å². The summed E-state index contributed by atoms with van der Waals surface area (Å²) in [4.78, 5) is 4.26. The number of sulfonamides is 1. The first-order valence-electron chi connectivity index (χ1n) is 5.48. The lowest BCUT2D eigenvalue weighted by Crippen LogP contribution is -2.40. The molecule has 17 heavy (non-hydrogen) atoms. The topological polar surface area (TPSA) is 71.1 Å². The summed E-state index contributed by atoms with van der Waals surface area (Å²) in [5.41, 5.74) is -0.500. The first-order valence-corrected chi connectivity index (χ1v) is 6.97. The minimum Gasteiger partial charge on any atom is -0.370 e. The van der Waals surface area contributed by atoms with E-state index in [1.807, 2.05) is 6.92 Å². The Morgan fingerprint density at radius 1 is 1.35 bits per heavy atom. The summed E-state index contributed by atoms with van der Waals surface area (Å²) in [6, 6.07) is 3.01. The van der Waals surface area contributed by atoms with Crippen LogP contribution >= 0.6 is 0 Å². The third-order valence-electron chi connectivity index (χ3n) is 1.84. The van der Waals surface area contributed by atoms with E-state index in [-0.39, 0.29) is 4.90 Å². The third-order valence-corrected chi connectivity index (χ3v) is 3.60. The number of pyridine rings is 1. The van der Waals surface area contributed by atoms with Crippen molar-refractivity contribution in [3.8, 4) is 0 Å². The molecule has 0 radical (unpaired) electrons. The molecule has 0 bridgehead atoms. The molecule has 0 aliphatic rings. The fourth-order valence-corrected chi connectivity index (χ4v) is 2.75. The highest BCUT2D eigenvalue weighted by molar-refractivity contribution is 7.89. The van der Waals surface area contributed by atoms with Crippen molar-refractivity contribution in [2.24, 2.45) is 0 Å². The van der Waals surface area contributed by atoms with Crippen LogP contribution in [0.2, 0.25) is 0 Å². The van der Waals surface area contributed by atoms with Crippen LogP contribution in [0.3, 0.4) is 0 Å². The van der Waals surface area contributed by atoms with E-state index in [1.165, 1.54) is 18.3 Å². The number of hydrogen-bond acceptors (Lipinski definition) is 4. The minimum absolute atomic E-state index is 0.221. The molecule has 5 nitrogen and oxygen atoms in total. The second-order valence-corrected chi connectivity index (χ2v) is 6.45. The van der Waals surface area contributed by atoms with Crippen LogP contribution in [0.1, 0.15) is 27.7 Å². The van der Waals surface area contributed by atoms with Gasteiger partial charge in [0.05, 0.1) is 4.90 Å². The van der Waals surface area contributed by atoms with Gasteiger partial charge in [0.2, 0.25) is 10.0 Å². The molecule has 1 heterocycles. The summed E-state index contributed by atoms with van der Waals surface area (Å²) in [7, 11) is -3.49. The number of rotatable bonds is 4. The van der Waals surface area contributed by atoms with Crippen LogP contribution in [0, 0.1) is 0 Å². The highest BCUT2D eigenvalue weighted by atomic mass is 32.2. The molecule has 2 N–H and O–H groups in total. The Balaban J connectivity index is 3.03. The van der Waals surface area contributed by atoms with Gasteiger partial charge in [0.15, 0.2) is 0 Å². The van der Waals surface area contributed by atoms with E-state index in [1.54, 1.807) is 20.8 Å². The summed E-state index contributed by atoms with van der Waals surface area (Å²) in [6.07, 6.45) is 1.48. The molecule has 0 aliphatic heterocycles. The number of hydrogen-bond donors (Lipinski definition) is 2. The van der Waals surface area contributed by atoms with Crippen molar-refractivity contribution in [1.82, 2.24) is 9.71 Å². The van der Waals surface area contributed by atoms with Crippen LogP contribution in [0.4, 0.5) is 5.82 Å². The largest absolute Gasteiger partial charge is 0.370 e. The SMILES string of the molecule is CCNc1cc(S(=O)(=O)NC(C)(C)C)ccn1. The van der Waals surface area contributed by atoms with Crippen LogP contribution in [0.15, 0.2) is 23.2 Å². The van der Waals surface area contributed by atoms with Gasteiger partial charge in [-0.2, -0.15) is 0 Å². The maximum Gasteiger partial charge on any atom is 0.241 e. The quantitative estimate of drug-likeness (QED) is 0.859. The molecular weight excluding hydrogens is 238 g/mol. The fourth-order valence-electron chi connectivity index (χ4n) is 1.32. The summed E-state index contributed by atoms with van der Waals surface area (Å²) in [6.45, 7) is 8.03. The molecule has 6 heteroatoms. The van der Waals surface area contributed by atoms with E-state index in [2.05, 4.69) is 15.0 Å². The first kappa shape index (κ1) is 13.9. The molecule has 0 unspecified atom stereocenters.